The minimum absolute atomic E-state index is 0.173. The summed E-state index contributed by atoms with van der Waals surface area (Å²) in [5.41, 5.74) is 2.18. The van der Waals surface area contributed by atoms with Crippen LogP contribution in [0.5, 0.6) is 0 Å². The minimum Gasteiger partial charge on any atom is -0.393 e. The lowest BCUT2D eigenvalue weighted by atomic mass is 9.88. The predicted molar refractivity (Wildman–Crippen MR) is 67.4 cm³/mol. The summed E-state index contributed by atoms with van der Waals surface area (Å²) in [5.74, 6) is 0.175. The average Bonchev–Trinajstić information content (AvgIpc) is 2.48. The smallest absolute Gasteiger partial charge is 0.123 e. The highest BCUT2D eigenvalue weighted by Crippen LogP contribution is 2.27. The molecule has 94 valence electrons. The van der Waals surface area contributed by atoms with Crippen molar-refractivity contribution in [1.82, 2.24) is 0 Å². The van der Waals surface area contributed by atoms with E-state index in [1.807, 2.05) is 13.0 Å². The molecule has 1 N–H and O–H groups in total. The Labute approximate surface area is 103 Å². The lowest BCUT2D eigenvalue weighted by Gasteiger charge is -2.21. The van der Waals surface area contributed by atoms with E-state index in [-0.39, 0.29) is 11.9 Å². The van der Waals surface area contributed by atoms with Crippen LogP contribution < -0.4 is 0 Å². The van der Waals surface area contributed by atoms with E-state index in [1.165, 1.54) is 24.5 Å². The van der Waals surface area contributed by atoms with E-state index in [9.17, 15) is 9.50 Å². The molecule has 1 aliphatic rings. The van der Waals surface area contributed by atoms with Crippen molar-refractivity contribution in [2.45, 2.75) is 51.6 Å². The first-order chi connectivity index (χ1) is 8.16. The molecule has 0 saturated heterocycles. The van der Waals surface area contributed by atoms with E-state index in [1.54, 1.807) is 6.07 Å². The lowest BCUT2D eigenvalue weighted by molar-refractivity contribution is 0.101. The Bertz CT molecular complexity index is 375. The summed E-state index contributed by atoms with van der Waals surface area (Å²) in [4.78, 5) is 0. The van der Waals surface area contributed by atoms with Crippen molar-refractivity contribution in [3.05, 3.63) is 35.1 Å². The molecule has 2 heteroatoms. The van der Waals surface area contributed by atoms with Crippen LogP contribution in [0.4, 0.5) is 4.39 Å². The second-order valence-corrected chi connectivity index (χ2v) is 5.24. The van der Waals surface area contributed by atoms with Gasteiger partial charge in [-0.1, -0.05) is 25.3 Å². The van der Waals surface area contributed by atoms with E-state index in [0.29, 0.717) is 5.92 Å². The molecule has 1 aliphatic carbocycles. The van der Waals surface area contributed by atoms with Gasteiger partial charge in [0, 0.05) is 0 Å². The summed E-state index contributed by atoms with van der Waals surface area (Å²) in [6.07, 6.45) is 6.30. The number of hydrogen-bond donors (Lipinski definition) is 1. The van der Waals surface area contributed by atoms with Crippen LogP contribution in [0.25, 0.3) is 0 Å². The zero-order valence-electron chi connectivity index (χ0n) is 10.5. The van der Waals surface area contributed by atoms with Crippen LogP contribution >= 0.6 is 0 Å². The Kier molecular flexibility index (Phi) is 4.16. The van der Waals surface area contributed by atoms with Gasteiger partial charge in [0.25, 0.3) is 0 Å². The van der Waals surface area contributed by atoms with Crippen LogP contribution in [-0.2, 0) is 6.42 Å². The molecule has 1 nitrogen and oxygen atoms in total. The van der Waals surface area contributed by atoms with Gasteiger partial charge in [-0.3, -0.25) is 0 Å². The Morgan fingerprint density at radius 2 is 2.00 bits per heavy atom. The maximum atomic E-state index is 13.0. The lowest BCUT2D eigenvalue weighted by Crippen LogP contribution is -2.21. The molecule has 0 heterocycles. The standard InChI is InChI=1S/C15H21FO/c1-11-9-14(16)8-7-12(11)10-13-5-3-2-4-6-15(13)17/h7-9,13,15,17H,2-6,10H2,1H3. The van der Waals surface area contributed by atoms with Gasteiger partial charge in [0.15, 0.2) is 0 Å². The molecular formula is C15H21FO. The third-order valence-corrected chi connectivity index (χ3v) is 3.91. The average molecular weight is 236 g/mol. The Hall–Kier alpha value is -0.890. The van der Waals surface area contributed by atoms with Crippen molar-refractivity contribution in [2.75, 3.05) is 0 Å². The number of aliphatic hydroxyl groups is 1. The molecule has 1 saturated carbocycles. The number of halogens is 1. The summed E-state index contributed by atoms with van der Waals surface area (Å²) in [6, 6.07) is 4.96. The van der Waals surface area contributed by atoms with Crippen LogP contribution in [0.15, 0.2) is 18.2 Å². The van der Waals surface area contributed by atoms with Gasteiger partial charge < -0.3 is 5.11 Å². The van der Waals surface area contributed by atoms with E-state index in [0.717, 1.165) is 31.2 Å². The summed E-state index contributed by atoms with van der Waals surface area (Å²) in [7, 11) is 0. The van der Waals surface area contributed by atoms with Crippen molar-refractivity contribution >= 4 is 0 Å². The first kappa shape index (κ1) is 12.6. The third-order valence-electron chi connectivity index (χ3n) is 3.91. The van der Waals surface area contributed by atoms with Crippen LogP contribution in [0.3, 0.4) is 0 Å². The fourth-order valence-corrected chi connectivity index (χ4v) is 2.77. The molecule has 1 fully saturated rings. The summed E-state index contributed by atoms with van der Waals surface area (Å²) in [5, 5.41) is 10.1. The molecular weight excluding hydrogens is 215 g/mol. The van der Waals surface area contributed by atoms with Crippen molar-refractivity contribution in [3.8, 4) is 0 Å². The zero-order chi connectivity index (χ0) is 12.3. The summed E-state index contributed by atoms with van der Waals surface area (Å²) < 4.78 is 13.0. The quantitative estimate of drug-likeness (QED) is 0.778. The van der Waals surface area contributed by atoms with E-state index in [4.69, 9.17) is 0 Å². The molecule has 0 aliphatic heterocycles. The fourth-order valence-electron chi connectivity index (χ4n) is 2.77. The molecule has 0 amide bonds. The second-order valence-electron chi connectivity index (χ2n) is 5.24. The normalized spacial score (nSPS) is 25.6. The van der Waals surface area contributed by atoms with Crippen molar-refractivity contribution in [1.29, 1.82) is 0 Å². The molecule has 2 unspecified atom stereocenters. The van der Waals surface area contributed by atoms with Gasteiger partial charge in [-0.25, -0.2) is 4.39 Å². The number of rotatable bonds is 2. The van der Waals surface area contributed by atoms with Crippen LogP contribution in [-0.4, -0.2) is 11.2 Å². The van der Waals surface area contributed by atoms with Crippen molar-refractivity contribution in [2.24, 2.45) is 5.92 Å². The predicted octanol–water partition coefficient (Wildman–Crippen LogP) is 3.62. The Morgan fingerprint density at radius 3 is 2.76 bits per heavy atom. The highest BCUT2D eigenvalue weighted by atomic mass is 19.1. The monoisotopic (exact) mass is 236 g/mol. The van der Waals surface area contributed by atoms with E-state index in [2.05, 4.69) is 0 Å². The van der Waals surface area contributed by atoms with E-state index < -0.39 is 0 Å². The SMILES string of the molecule is Cc1cc(F)ccc1CC1CCCCCC1O. The highest BCUT2D eigenvalue weighted by molar-refractivity contribution is 5.27. The molecule has 1 aromatic carbocycles. The fraction of sp³-hybridized carbons (Fsp3) is 0.600. The van der Waals surface area contributed by atoms with Crippen LogP contribution in [0.2, 0.25) is 0 Å². The van der Waals surface area contributed by atoms with E-state index >= 15 is 0 Å². The largest absolute Gasteiger partial charge is 0.393 e. The van der Waals surface area contributed by atoms with Gasteiger partial charge >= 0.3 is 0 Å². The van der Waals surface area contributed by atoms with Gasteiger partial charge in [-0.2, -0.15) is 0 Å². The third kappa shape index (κ3) is 3.29. The molecule has 0 bridgehead atoms. The van der Waals surface area contributed by atoms with Gasteiger partial charge in [0.1, 0.15) is 5.82 Å². The maximum absolute atomic E-state index is 13.0. The van der Waals surface area contributed by atoms with Crippen LogP contribution in [0, 0.1) is 18.7 Å². The minimum atomic E-state index is -0.179. The van der Waals surface area contributed by atoms with Crippen molar-refractivity contribution < 1.29 is 9.50 Å². The highest BCUT2D eigenvalue weighted by Gasteiger charge is 2.22. The van der Waals surface area contributed by atoms with Gasteiger partial charge in [-0.05, 0) is 55.4 Å². The van der Waals surface area contributed by atoms with Crippen molar-refractivity contribution in [3.63, 3.8) is 0 Å². The number of hydrogen-bond acceptors (Lipinski definition) is 1. The molecule has 0 spiro atoms. The zero-order valence-corrected chi connectivity index (χ0v) is 10.5. The molecule has 17 heavy (non-hydrogen) atoms. The molecule has 2 rings (SSSR count). The molecule has 1 aromatic rings. The molecule has 0 radical (unpaired) electrons. The Balaban J connectivity index is 2.08. The van der Waals surface area contributed by atoms with Gasteiger partial charge in [-0.15, -0.1) is 0 Å². The molecule has 2 atom stereocenters. The summed E-state index contributed by atoms with van der Waals surface area (Å²) in [6.45, 7) is 1.95. The number of aryl methyl sites for hydroxylation is 1. The number of aliphatic hydroxyl groups excluding tert-OH is 1. The molecule has 0 aromatic heterocycles. The second kappa shape index (κ2) is 5.63. The topological polar surface area (TPSA) is 20.2 Å². The Morgan fingerprint density at radius 1 is 1.24 bits per heavy atom. The number of benzene rings is 1. The van der Waals surface area contributed by atoms with Gasteiger partial charge in [0.05, 0.1) is 6.10 Å². The van der Waals surface area contributed by atoms with Crippen LogP contribution in [0.1, 0.15) is 43.2 Å². The first-order valence-corrected chi connectivity index (χ1v) is 6.60. The maximum Gasteiger partial charge on any atom is 0.123 e. The summed E-state index contributed by atoms with van der Waals surface area (Å²) >= 11 is 0. The van der Waals surface area contributed by atoms with Gasteiger partial charge in [0.2, 0.25) is 0 Å². The first-order valence-electron chi connectivity index (χ1n) is 6.60.